The summed E-state index contributed by atoms with van der Waals surface area (Å²) in [5.41, 5.74) is 0. The summed E-state index contributed by atoms with van der Waals surface area (Å²) in [6.07, 6.45) is 20.3. The predicted molar refractivity (Wildman–Crippen MR) is 103 cm³/mol. The van der Waals surface area contributed by atoms with E-state index in [-0.39, 0.29) is 0 Å². The van der Waals surface area contributed by atoms with E-state index in [1.165, 1.54) is 103 Å². The largest absolute Gasteiger partial charge is 0.301 e. The highest BCUT2D eigenvalue weighted by molar-refractivity contribution is 4.60. The van der Waals surface area contributed by atoms with Crippen molar-refractivity contribution in [2.24, 2.45) is 0 Å². The van der Waals surface area contributed by atoms with Gasteiger partial charge in [0.1, 0.15) is 0 Å². The predicted octanol–water partition coefficient (Wildman–Crippen LogP) is 7.20. The Labute approximate surface area is 142 Å². The van der Waals surface area contributed by atoms with Gasteiger partial charge in [0.05, 0.1) is 0 Å². The SMILES string of the molecule is CCCCCCCCCCCCCCCCN(CC)C(C)C. The molecule has 0 heterocycles. The van der Waals surface area contributed by atoms with Crippen LogP contribution in [0.5, 0.6) is 0 Å². The molecule has 0 bridgehead atoms. The molecule has 0 aliphatic heterocycles. The molecule has 22 heavy (non-hydrogen) atoms. The zero-order valence-corrected chi connectivity index (χ0v) is 16.3. The van der Waals surface area contributed by atoms with Crippen molar-refractivity contribution in [2.75, 3.05) is 13.1 Å². The first-order valence-corrected chi connectivity index (χ1v) is 10.5. The highest BCUT2D eigenvalue weighted by Crippen LogP contribution is 2.13. The van der Waals surface area contributed by atoms with Crippen molar-refractivity contribution in [3.05, 3.63) is 0 Å². The molecule has 134 valence electrons. The fourth-order valence-electron chi connectivity index (χ4n) is 3.29. The van der Waals surface area contributed by atoms with Gasteiger partial charge >= 0.3 is 0 Å². The van der Waals surface area contributed by atoms with Crippen LogP contribution in [0.15, 0.2) is 0 Å². The summed E-state index contributed by atoms with van der Waals surface area (Å²) >= 11 is 0. The molecule has 1 heteroatoms. The van der Waals surface area contributed by atoms with Crippen LogP contribution in [0.3, 0.4) is 0 Å². The lowest BCUT2D eigenvalue weighted by Gasteiger charge is -2.24. The molecule has 0 amide bonds. The molecule has 0 spiro atoms. The Balaban J connectivity index is 3.11. The van der Waals surface area contributed by atoms with Crippen molar-refractivity contribution in [2.45, 2.75) is 124 Å². The number of nitrogens with zero attached hydrogens (tertiary/aromatic N) is 1. The third-order valence-corrected chi connectivity index (χ3v) is 4.94. The van der Waals surface area contributed by atoms with Crippen LogP contribution in [0.25, 0.3) is 0 Å². The first-order chi connectivity index (χ1) is 10.7. The molecule has 0 radical (unpaired) electrons. The number of hydrogen-bond acceptors (Lipinski definition) is 1. The number of hydrogen-bond donors (Lipinski definition) is 0. The van der Waals surface area contributed by atoms with Gasteiger partial charge in [-0.05, 0) is 33.4 Å². The molecular weight excluding hydrogens is 266 g/mol. The fourth-order valence-corrected chi connectivity index (χ4v) is 3.29. The minimum atomic E-state index is 0.715. The molecule has 0 saturated carbocycles. The van der Waals surface area contributed by atoms with Crippen LogP contribution >= 0.6 is 0 Å². The van der Waals surface area contributed by atoms with Gasteiger partial charge in [-0.25, -0.2) is 0 Å². The van der Waals surface area contributed by atoms with Crippen LogP contribution < -0.4 is 0 Å². The Morgan fingerprint density at radius 2 is 0.909 bits per heavy atom. The van der Waals surface area contributed by atoms with Crippen LogP contribution in [0.2, 0.25) is 0 Å². The maximum absolute atomic E-state index is 2.58. The van der Waals surface area contributed by atoms with Gasteiger partial charge in [-0.15, -0.1) is 0 Å². The smallest absolute Gasteiger partial charge is 0.00384 e. The van der Waals surface area contributed by atoms with E-state index in [2.05, 4.69) is 32.6 Å². The summed E-state index contributed by atoms with van der Waals surface area (Å²) < 4.78 is 0. The van der Waals surface area contributed by atoms with E-state index in [1.54, 1.807) is 0 Å². The van der Waals surface area contributed by atoms with E-state index in [4.69, 9.17) is 0 Å². The van der Waals surface area contributed by atoms with Gasteiger partial charge in [0.25, 0.3) is 0 Å². The molecule has 0 aliphatic rings. The lowest BCUT2D eigenvalue weighted by atomic mass is 10.0. The van der Waals surface area contributed by atoms with Gasteiger partial charge in [0.15, 0.2) is 0 Å². The fraction of sp³-hybridized carbons (Fsp3) is 1.00. The van der Waals surface area contributed by atoms with E-state index in [9.17, 15) is 0 Å². The first kappa shape index (κ1) is 22.0. The molecule has 0 aromatic heterocycles. The van der Waals surface area contributed by atoms with Crippen molar-refractivity contribution in [1.82, 2.24) is 4.90 Å². The minimum Gasteiger partial charge on any atom is -0.301 e. The zero-order chi connectivity index (χ0) is 16.5. The summed E-state index contributed by atoms with van der Waals surface area (Å²) in [7, 11) is 0. The third-order valence-electron chi connectivity index (χ3n) is 4.94. The van der Waals surface area contributed by atoms with Crippen LogP contribution in [0.4, 0.5) is 0 Å². The lowest BCUT2D eigenvalue weighted by Crippen LogP contribution is -2.31. The molecule has 0 aromatic carbocycles. The average Bonchev–Trinajstić information content (AvgIpc) is 2.51. The Hall–Kier alpha value is -0.0400. The van der Waals surface area contributed by atoms with Crippen molar-refractivity contribution >= 4 is 0 Å². The molecule has 0 unspecified atom stereocenters. The quantitative estimate of drug-likeness (QED) is 0.257. The lowest BCUT2D eigenvalue weighted by molar-refractivity contribution is 0.228. The number of unbranched alkanes of at least 4 members (excludes halogenated alkanes) is 13. The summed E-state index contributed by atoms with van der Waals surface area (Å²) in [6, 6.07) is 0.715. The zero-order valence-electron chi connectivity index (χ0n) is 16.3. The van der Waals surface area contributed by atoms with Gasteiger partial charge < -0.3 is 4.90 Å². The van der Waals surface area contributed by atoms with Crippen molar-refractivity contribution in [3.63, 3.8) is 0 Å². The second-order valence-corrected chi connectivity index (χ2v) is 7.32. The van der Waals surface area contributed by atoms with Crippen molar-refractivity contribution in [3.8, 4) is 0 Å². The van der Waals surface area contributed by atoms with Gasteiger partial charge in [0, 0.05) is 6.04 Å². The van der Waals surface area contributed by atoms with Crippen LogP contribution in [0, 0.1) is 0 Å². The van der Waals surface area contributed by atoms with Crippen molar-refractivity contribution in [1.29, 1.82) is 0 Å². The van der Waals surface area contributed by atoms with Gasteiger partial charge in [-0.3, -0.25) is 0 Å². The van der Waals surface area contributed by atoms with E-state index in [0.717, 1.165) is 0 Å². The summed E-state index contributed by atoms with van der Waals surface area (Å²) in [5.74, 6) is 0. The van der Waals surface area contributed by atoms with Gasteiger partial charge in [-0.1, -0.05) is 97.3 Å². The second kappa shape index (κ2) is 17.3. The van der Waals surface area contributed by atoms with Crippen LogP contribution in [-0.2, 0) is 0 Å². The summed E-state index contributed by atoms with van der Waals surface area (Å²) in [5, 5.41) is 0. The van der Waals surface area contributed by atoms with E-state index >= 15 is 0 Å². The number of rotatable bonds is 17. The molecule has 0 atom stereocenters. The normalized spacial score (nSPS) is 11.7. The standard InChI is InChI=1S/C21H45N/c1-5-7-8-9-10-11-12-13-14-15-16-17-18-19-20-22(6-2)21(3)4/h21H,5-20H2,1-4H3. The maximum Gasteiger partial charge on any atom is 0.00384 e. The summed E-state index contributed by atoms with van der Waals surface area (Å²) in [4.78, 5) is 2.58. The summed E-state index contributed by atoms with van der Waals surface area (Å²) in [6.45, 7) is 11.7. The Kier molecular flexibility index (Phi) is 17.3. The molecular formula is C21H45N. The molecule has 0 fully saturated rings. The highest BCUT2D eigenvalue weighted by Gasteiger charge is 2.05. The molecule has 0 rings (SSSR count). The molecule has 1 nitrogen and oxygen atoms in total. The highest BCUT2D eigenvalue weighted by atomic mass is 15.1. The Morgan fingerprint density at radius 3 is 1.23 bits per heavy atom. The Bertz CT molecular complexity index is 200. The average molecular weight is 312 g/mol. The molecule has 0 aliphatic carbocycles. The molecule has 0 saturated heterocycles. The van der Waals surface area contributed by atoms with Gasteiger partial charge in [-0.2, -0.15) is 0 Å². The first-order valence-electron chi connectivity index (χ1n) is 10.5. The van der Waals surface area contributed by atoms with Crippen LogP contribution in [0.1, 0.15) is 118 Å². The van der Waals surface area contributed by atoms with E-state index < -0.39 is 0 Å². The second-order valence-electron chi connectivity index (χ2n) is 7.32. The Morgan fingerprint density at radius 1 is 0.545 bits per heavy atom. The van der Waals surface area contributed by atoms with Crippen molar-refractivity contribution < 1.29 is 0 Å². The minimum absolute atomic E-state index is 0.715. The third kappa shape index (κ3) is 14.9. The van der Waals surface area contributed by atoms with Crippen LogP contribution in [-0.4, -0.2) is 24.0 Å². The molecule has 0 aromatic rings. The van der Waals surface area contributed by atoms with Gasteiger partial charge in [0.2, 0.25) is 0 Å². The molecule has 0 N–H and O–H groups in total. The topological polar surface area (TPSA) is 3.24 Å². The maximum atomic E-state index is 2.58. The van der Waals surface area contributed by atoms with E-state index in [0.29, 0.717) is 6.04 Å². The monoisotopic (exact) mass is 311 g/mol. The van der Waals surface area contributed by atoms with E-state index in [1.807, 2.05) is 0 Å².